The molecule has 0 unspecified atom stereocenters. The summed E-state index contributed by atoms with van der Waals surface area (Å²) in [6, 6.07) is 3.61. The molecule has 5 rings (SSSR count). The van der Waals surface area contributed by atoms with Crippen molar-refractivity contribution < 1.29 is 19.2 Å². The summed E-state index contributed by atoms with van der Waals surface area (Å²) in [7, 11) is 0. The second kappa shape index (κ2) is 8.61. The molecule has 4 aliphatic rings. The van der Waals surface area contributed by atoms with Gasteiger partial charge in [-0.1, -0.05) is 30.5 Å². The molecule has 0 saturated heterocycles. The van der Waals surface area contributed by atoms with Crippen LogP contribution in [0.5, 0.6) is 0 Å². The molecular weight excluding hydrogens is 428 g/mol. The number of fused-ring (bicyclic) bond motifs is 5. The van der Waals surface area contributed by atoms with E-state index in [0.29, 0.717) is 30.1 Å². The summed E-state index contributed by atoms with van der Waals surface area (Å²) in [4.78, 5) is 17.4. The lowest BCUT2D eigenvalue weighted by Gasteiger charge is -2.58. The van der Waals surface area contributed by atoms with Crippen molar-refractivity contribution in [3.63, 3.8) is 0 Å². The number of oxime groups is 1. The SMILES string of the molecule is C#C[C@@]1(O)CC[C@@H]2[C@H]3CCC4=C/C(=N/OCC(=O)NCc5ccco5)CC[C@]4(C)[C@@H]3CC[C@@]21C. The number of terminal acetylenes is 1. The Morgan fingerprint density at radius 1 is 1.26 bits per heavy atom. The fraction of sp³-hybridized carbons (Fsp3) is 0.643. The zero-order chi connectivity index (χ0) is 24.0. The Morgan fingerprint density at radius 2 is 2.09 bits per heavy atom. The first-order valence-electron chi connectivity index (χ1n) is 12.7. The predicted molar refractivity (Wildman–Crippen MR) is 129 cm³/mol. The molecule has 0 bridgehead atoms. The largest absolute Gasteiger partial charge is 0.467 e. The number of rotatable bonds is 5. The molecule has 6 atom stereocenters. The van der Waals surface area contributed by atoms with E-state index in [-0.39, 0.29) is 23.3 Å². The molecular formula is C28H36N2O4. The Morgan fingerprint density at radius 3 is 2.85 bits per heavy atom. The van der Waals surface area contributed by atoms with E-state index in [1.807, 2.05) is 6.07 Å². The van der Waals surface area contributed by atoms with Gasteiger partial charge in [-0.3, -0.25) is 4.79 Å². The molecule has 6 heteroatoms. The molecule has 6 nitrogen and oxygen atoms in total. The minimum absolute atomic E-state index is 0.103. The van der Waals surface area contributed by atoms with Gasteiger partial charge in [0.2, 0.25) is 0 Å². The highest BCUT2D eigenvalue weighted by Gasteiger charge is 2.63. The van der Waals surface area contributed by atoms with Gasteiger partial charge >= 0.3 is 0 Å². The maximum absolute atomic E-state index is 12.0. The molecule has 0 aromatic carbocycles. The molecule has 2 N–H and O–H groups in total. The van der Waals surface area contributed by atoms with Gasteiger partial charge in [0.25, 0.3) is 5.91 Å². The number of carbonyl (C=O) groups excluding carboxylic acids is 1. The van der Waals surface area contributed by atoms with Gasteiger partial charge in [0.15, 0.2) is 6.61 Å². The molecule has 0 radical (unpaired) electrons. The van der Waals surface area contributed by atoms with Gasteiger partial charge in [0, 0.05) is 5.41 Å². The molecule has 182 valence electrons. The second-order valence-electron chi connectivity index (χ2n) is 11.2. The molecule has 3 fully saturated rings. The Labute approximate surface area is 202 Å². The van der Waals surface area contributed by atoms with Crippen LogP contribution in [0.15, 0.2) is 39.6 Å². The van der Waals surface area contributed by atoms with Crippen molar-refractivity contribution in [2.75, 3.05) is 6.61 Å². The van der Waals surface area contributed by atoms with Crippen LogP contribution in [-0.2, 0) is 16.2 Å². The van der Waals surface area contributed by atoms with Crippen LogP contribution in [0.3, 0.4) is 0 Å². The number of furan rings is 1. The molecule has 3 saturated carbocycles. The van der Waals surface area contributed by atoms with Crippen LogP contribution in [0.1, 0.15) is 71.0 Å². The Kier molecular flexibility index (Phi) is 5.88. The third-order valence-corrected chi connectivity index (χ3v) is 9.79. The van der Waals surface area contributed by atoms with Crippen molar-refractivity contribution in [2.45, 2.75) is 77.4 Å². The minimum atomic E-state index is -0.951. The summed E-state index contributed by atoms with van der Waals surface area (Å²) >= 11 is 0. The second-order valence-corrected chi connectivity index (χ2v) is 11.2. The molecule has 1 aromatic heterocycles. The standard InChI is InChI=1S/C28H36N2O4/c1-4-28(32)14-11-24-22-8-7-19-16-20(9-12-26(19,2)23(22)10-13-27(24,28)3)30-34-18-25(31)29-17-21-6-5-15-33-21/h1,5-6,15-16,22-24,32H,7-14,17-18H2,2-3H3,(H,29,31)/b30-20+/t22-,23+,24+,26-,27-,28+/m0/s1. The van der Waals surface area contributed by atoms with Crippen molar-refractivity contribution in [1.82, 2.24) is 5.32 Å². The fourth-order valence-corrected chi connectivity index (χ4v) is 7.72. The molecule has 1 aromatic rings. The van der Waals surface area contributed by atoms with Crippen LogP contribution < -0.4 is 5.32 Å². The van der Waals surface area contributed by atoms with E-state index in [9.17, 15) is 9.90 Å². The number of aliphatic hydroxyl groups is 1. The lowest BCUT2D eigenvalue weighted by atomic mass is 9.46. The van der Waals surface area contributed by atoms with E-state index in [4.69, 9.17) is 15.7 Å². The Balaban J connectivity index is 1.22. The van der Waals surface area contributed by atoms with Gasteiger partial charge in [-0.2, -0.15) is 0 Å². The van der Waals surface area contributed by atoms with Gasteiger partial charge in [-0.25, -0.2) is 0 Å². The van der Waals surface area contributed by atoms with Crippen LogP contribution in [0.2, 0.25) is 0 Å². The summed E-state index contributed by atoms with van der Waals surface area (Å²) in [6.45, 7) is 4.91. The lowest BCUT2D eigenvalue weighted by Crippen LogP contribution is -2.54. The van der Waals surface area contributed by atoms with Crippen molar-refractivity contribution in [3.05, 3.63) is 35.8 Å². The van der Waals surface area contributed by atoms with Gasteiger partial charge in [-0.05, 0) is 92.7 Å². The number of hydrogen-bond donors (Lipinski definition) is 2. The number of hydrogen-bond acceptors (Lipinski definition) is 5. The van der Waals surface area contributed by atoms with E-state index in [1.165, 1.54) is 5.57 Å². The summed E-state index contributed by atoms with van der Waals surface area (Å²) in [5.41, 5.74) is 1.45. The first-order chi connectivity index (χ1) is 16.3. The van der Waals surface area contributed by atoms with Crippen LogP contribution in [0.25, 0.3) is 0 Å². The molecule has 0 spiro atoms. The van der Waals surface area contributed by atoms with Gasteiger partial charge in [-0.15, -0.1) is 6.42 Å². The monoisotopic (exact) mass is 464 g/mol. The topological polar surface area (TPSA) is 84.1 Å². The highest BCUT2D eigenvalue weighted by atomic mass is 16.6. The van der Waals surface area contributed by atoms with Crippen LogP contribution in [0.4, 0.5) is 0 Å². The average Bonchev–Trinajstić information content (AvgIpc) is 3.44. The lowest BCUT2D eigenvalue weighted by molar-refractivity contribution is -0.125. The first-order valence-corrected chi connectivity index (χ1v) is 12.7. The van der Waals surface area contributed by atoms with Gasteiger partial charge < -0.3 is 19.7 Å². The first kappa shape index (κ1) is 23.2. The summed E-state index contributed by atoms with van der Waals surface area (Å²) in [6.07, 6.45) is 17.6. The fourth-order valence-electron chi connectivity index (χ4n) is 7.72. The number of nitrogens with one attached hydrogen (secondary N) is 1. The molecule has 1 heterocycles. The Hall–Kier alpha value is -2.52. The van der Waals surface area contributed by atoms with E-state index < -0.39 is 5.60 Å². The summed E-state index contributed by atoms with van der Waals surface area (Å²) < 4.78 is 5.21. The van der Waals surface area contributed by atoms with Gasteiger partial charge in [0.1, 0.15) is 11.4 Å². The van der Waals surface area contributed by atoms with E-state index in [2.05, 4.69) is 36.3 Å². The molecule has 4 aliphatic carbocycles. The number of allylic oxidation sites excluding steroid dienone is 2. The normalized spacial score (nSPS) is 39.9. The van der Waals surface area contributed by atoms with Crippen LogP contribution in [0, 0.1) is 40.9 Å². The highest BCUT2D eigenvalue weighted by molar-refractivity contribution is 5.96. The van der Waals surface area contributed by atoms with E-state index in [1.54, 1.807) is 12.3 Å². The van der Waals surface area contributed by atoms with Crippen molar-refractivity contribution in [1.29, 1.82) is 0 Å². The summed E-state index contributed by atoms with van der Waals surface area (Å²) in [5, 5.41) is 18.2. The van der Waals surface area contributed by atoms with Gasteiger partial charge in [0.05, 0.1) is 18.5 Å². The zero-order valence-corrected chi connectivity index (χ0v) is 20.3. The molecule has 34 heavy (non-hydrogen) atoms. The zero-order valence-electron chi connectivity index (χ0n) is 20.3. The van der Waals surface area contributed by atoms with E-state index in [0.717, 1.165) is 57.1 Å². The smallest absolute Gasteiger partial charge is 0.261 e. The van der Waals surface area contributed by atoms with Crippen LogP contribution in [-0.4, -0.2) is 28.9 Å². The summed E-state index contributed by atoms with van der Waals surface area (Å²) in [5.74, 6) is 5.01. The van der Waals surface area contributed by atoms with Crippen LogP contribution >= 0.6 is 0 Å². The third kappa shape index (κ3) is 3.69. The van der Waals surface area contributed by atoms with Crippen molar-refractivity contribution in [3.8, 4) is 12.3 Å². The maximum atomic E-state index is 12.0. The van der Waals surface area contributed by atoms with Crippen molar-refractivity contribution >= 4 is 11.6 Å². The predicted octanol–water partition coefficient (Wildman–Crippen LogP) is 4.60. The number of amides is 1. The third-order valence-electron chi connectivity index (χ3n) is 9.79. The van der Waals surface area contributed by atoms with E-state index >= 15 is 0 Å². The number of carbonyl (C=O) groups is 1. The Bertz CT molecular complexity index is 1040. The molecule has 1 amide bonds. The number of nitrogens with zero attached hydrogens (tertiary/aromatic N) is 1. The molecule has 0 aliphatic heterocycles. The average molecular weight is 465 g/mol. The quantitative estimate of drug-likeness (QED) is 0.493. The minimum Gasteiger partial charge on any atom is -0.467 e. The highest BCUT2D eigenvalue weighted by Crippen LogP contribution is 2.67. The van der Waals surface area contributed by atoms with Crippen molar-refractivity contribution in [2.24, 2.45) is 33.7 Å². The maximum Gasteiger partial charge on any atom is 0.261 e.